The van der Waals surface area contributed by atoms with E-state index >= 15 is 0 Å². The van der Waals surface area contributed by atoms with Gasteiger partial charge in [-0.15, -0.1) is 0 Å². The lowest BCUT2D eigenvalue weighted by molar-refractivity contribution is -0.169. The second-order valence-corrected chi connectivity index (χ2v) is 5.28. The maximum absolute atomic E-state index is 12.3. The van der Waals surface area contributed by atoms with Crippen LogP contribution in [0.15, 0.2) is 0 Å². The molecule has 1 aliphatic heterocycles. The Morgan fingerprint density at radius 2 is 1.94 bits per heavy atom. The molecule has 0 amide bonds. The van der Waals surface area contributed by atoms with Gasteiger partial charge < -0.3 is 4.74 Å². The number of carbonyl (C=O) groups is 1. The van der Waals surface area contributed by atoms with Gasteiger partial charge in [0.2, 0.25) is 0 Å². The molecule has 0 aromatic rings. The molecular weight excluding hydrogens is 235 g/mol. The third kappa shape index (κ3) is 4.93. The van der Waals surface area contributed by atoms with Crippen molar-refractivity contribution in [1.29, 1.82) is 0 Å². The van der Waals surface area contributed by atoms with Crippen LogP contribution in [-0.2, 0) is 9.53 Å². The summed E-state index contributed by atoms with van der Waals surface area (Å²) in [5, 5.41) is 0. The van der Waals surface area contributed by atoms with Gasteiger partial charge in [0, 0.05) is 0 Å². The Morgan fingerprint density at radius 1 is 1.35 bits per heavy atom. The van der Waals surface area contributed by atoms with Crippen LogP contribution >= 0.6 is 0 Å². The molecule has 0 unspecified atom stereocenters. The molecule has 0 aromatic heterocycles. The first-order chi connectivity index (χ1) is 7.58. The smallest absolute Gasteiger partial charge is 0.401 e. The molecule has 0 aromatic carbocycles. The Kier molecular flexibility index (Phi) is 4.06. The number of ether oxygens (including phenoxy) is 1. The van der Waals surface area contributed by atoms with E-state index in [2.05, 4.69) is 0 Å². The molecule has 0 spiro atoms. The maximum atomic E-state index is 12.3. The van der Waals surface area contributed by atoms with Gasteiger partial charge in [-0.25, -0.2) is 0 Å². The average molecular weight is 253 g/mol. The first-order valence-corrected chi connectivity index (χ1v) is 5.62. The minimum atomic E-state index is -4.27. The lowest BCUT2D eigenvalue weighted by Gasteiger charge is -2.27. The summed E-state index contributed by atoms with van der Waals surface area (Å²) in [6.45, 7) is 4.36. The lowest BCUT2D eigenvalue weighted by Crippen LogP contribution is -2.44. The Balaban J connectivity index is 2.60. The Bertz CT molecular complexity index is 283. The van der Waals surface area contributed by atoms with E-state index in [4.69, 9.17) is 4.74 Å². The molecule has 6 heteroatoms. The third-order valence-electron chi connectivity index (χ3n) is 2.42. The summed E-state index contributed by atoms with van der Waals surface area (Å²) in [6, 6.07) is -0.754. The Labute approximate surface area is 98.9 Å². The van der Waals surface area contributed by atoms with Gasteiger partial charge in [0.25, 0.3) is 0 Å². The van der Waals surface area contributed by atoms with Crippen LogP contribution in [0.2, 0.25) is 0 Å². The number of rotatable bonds is 2. The largest absolute Gasteiger partial charge is 0.459 e. The summed E-state index contributed by atoms with van der Waals surface area (Å²) < 4.78 is 42.0. The fourth-order valence-electron chi connectivity index (χ4n) is 1.88. The van der Waals surface area contributed by atoms with Crippen LogP contribution in [0, 0.1) is 0 Å². The molecule has 0 aliphatic carbocycles. The Morgan fingerprint density at radius 3 is 2.41 bits per heavy atom. The van der Waals surface area contributed by atoms with E-state index in [1.54, 1.807) is 20.8 Å². The second-order valence-electron chi connectivity index (χ2n) is 5.28. The molecule has 3 nitrogen and oxygen atoms in total. The molecule has 0 radical (unpaired) electrons. The van der Waals surface area contributed by atoms with E-state index in [1.165, 1.54) is 0 Å². The molecule has 1 saturated heterocycles. The number of nitrogens with zero attached hydrogens (tertiary/aromatic N) is 1. The number of halogens is 3. The van der Waals surface area contributed by atoms with E-state index in [0.717, 1.165) is 4.90 Å². The predicted molar refractivity (Wildman–Crippen MR) is 56.5 cm³/mol. The van der Waals surface area contributed by atoms with Crippen LogP contribution in [-0.4, -0.2) is 41.8 Å². The molecule has 1 fully saturated rings. The zero-order chi connectivity index (χ0) is 13.3. The molecule has 17 heavy (non-hydrogen) atoms. The van der Waals surface area contributed by atoms with Gasteiger partial charge in [-0.05, 0) is 40.2 Å². The topological polar surface area (TPSA) is 29.5 Å². The number of esters is 1. The van der Waals surface area contributed by atoms with Crippen LogP contribution in [0.4, 0.5) is 13.2 Å². The van der Waals surface area contributed by atoms with Crippen LogP contribution in [0.1, 0.15) is 33.6 Å². The number of carbonyl (C=O) groups excluding carboxylic acids is 1. The highest BCUT2D eigenvalue weighted by Gasteiger charge is 2.40. The number of likely N-dealkylation sites (tertiary alicyclic amines) is 1. The number of hydrogen-bond acceptors (Lipinski definition) is 3. The van der Waals surface area contributed by atoms with Crippen LogP contribution in [0.25, 0.3) is 0 Å². The molecule has 0 saturated carbocycles. The fraction of sp³-hybridized carbons (Fsp3) is 0.909. The minimum absolute atomic E-state index is 0.295. The lowest BCUT2D eigenvalue weighted by atomic mass is 10.1. The van der Waals surface area contributed by atoms with Crippen LogP contribution < -0.4 is 0 Å². The zero-order valence-electron chi connectivity index (χ0n) is 10.3. The summed E-state index contributed by atoms with van der Waals surface area (Å²) in [5.74, 6) is -0.556. The van der Waals surface area contributed by atoms with Crippen molar-refractivity contribution in [2.24, 2.45) is 0 Å². The maximum Gasteiger partial charge on any atom is 0.401 e. The molecule has 1 aliphatic rings. The van der Waals surface area contributed by atoms with E-state index in [0.29, 0.717) is 19.4 Å². The predicted octanol–water partition coefficient (Wildman–Crippen LogP) is 2.35. The normalized spacial score (nSPS) is 22.8. The van der Waals surface area contributed by atoms with E-state index < -0.39 is 30.3 Å². The third-order valence-corrected chi connectivity index (χ3v) is 2.42. The molecule has 100 valence electrons. The second kappa shape index (κ2) is 4.84. The average Bonchev–Trinajstić information content (AvgIpc) is 2.45. The van der Waals surface area contributed by atoms with Gasteiger partial charge in [-0.1, -0.05) is 0 Å². The SMILES string of the molecule is CC(C)(C)OC(=O)[C@@H]1CCCN1CC(F)(F)F. The molecule has 1 atom stereocenters. The van der Waals surface area contributed by atoms with Gasteiger partial charge in [0.1, 0.15) is 11.6 Å². The summed E-state index contributed by atoms with van der Waals surface area (Å²) in [7, 11) is 0. The van der Waals surface area contributed by atoms with Crippen molar-refractivity contribution in [2.75, 3.05) is 13.1 Å². The Hall–Kier alpha value is -0.780. The van der Waals surface area contributed by atoms with Crippen molar-refractivity contribution in [3.8, 4) is 0 Å². The number of alkyl halides is 3. The molecular formula is C11H18F3NO2. The van der Waals surface area contributed by atoms with Crippen molar-refractivity contribution in [2.45, 2.75) is 51.4 Å². The quantitative estimate of drug-likeness (QED) is 0.707. The van der Waals surface area contributed by atoms with E-state index in [9.17, 15) is 18.0 Å². The standard InChI is InChI=1S/C11H18F3NO2/c1-10(2,3)17-9(16)8-5-4-6-15(8)7-11(12,13)14/h8H,4-7H2,1-3H3/t8-/m0/s1. The summed E-state index contributed by atoms with van der Waals surface area (Å²) in [6.07, 6.45) is -3.24. The first kappa shape index (κ1) is 14.3. The van der Waals surface area contributed by atoms with E-state index in [-0.39, 0.29) is 0 Å². The molecule has 0 bridgehead atoms. The van der Waals surface area contributed by atoms with Crippen LogP contribution in [0.5, 0.6) is 0 Å². The van der Waals surface area contributed by atoms with Gasteiger partial charge in [-0.3, -0.25) is 9.69 Å². The van der Waals surface area contributed by atoms with Crippen molar-refractivity contribution >= 4 is 5.97 Å². The monoisotopic (exact) mass is 253 g/mol. The summed E-state index contributed by atoms with van der Waals surface area (Å²) >= 11 is 0. The van der Waals surface area contributed by atoms with Gasteiger partial charge in [0.15, 0.2) is 0 Å². The molecule has 1 heterocycles. The highest BCUT2D eigenvalue weighted by atomic mass is 19.4. The van der Waals surface area contributed by atoms with Gasteiger partial charge in [0.05, 0.1) is 6.54 Å². The molecule has 1 rings (SSSR count). The summed E-state index contributed by atoms with van der Waals surface area (Å²) in [5.41, 5.74) is -0.663. The number of hydrogen-bond donors (Lipinski definition) is 0. The van der Waals surface area contributed by atoms with Gasteiger partial charge in [-0.2, -0.15) is 13.2 Å². The van der Waals surface area contributed by atoms with Crippen LogP contribution in [0.3, 0.4) is 0 Å². The van der Waals surface area contributed by atoms with E-state index in [1.807, 2.05) is 0 Å². The van der Waals surface area contributed by atoms with Crippen molar-refractivity contribution in [3.63, 3.8) is 0 Å². The van der Waals surface area contributed by atoms with Crippen molar-refractivity contribution in [1.82, 2.24) is 4.90 Å². The van der Waals surface area contributed by atoms with Crippen molar-refractivity contribution in [3.05, 3.63) is 0 Å². The summed E-state index contributed by atoms with van der Waals surface area (Å²) in [4.78, 5) is 12.9. The highest BCUT2D eigenvalue weighted by Crippen LogP contribution is 2.25. The minimum Gasteiger partial charge on any atom is -0.459 e. The van der Waals surface area contributed by atoms with Gasteiger partial charge >= 0.3 is 12.1 Å². The highest BCUT2D eigenvalue weighted by molar-refractivity contribution is 5.76. The molecule has 0 N–H and O–H groups in total. The van der Waals surface area contributed by atoms with Crippen molar-refractivity contribution < 1.29 is 22.7 Å². The zero-order valence-corrected chi connectivity index (χ0v) is 10.3. The first-order valence-electron chi connectivity index (χ1n) is 5.62. The fourth-order valence-corrected chi connectivity index (χ4v) is 1.88.